The summed E-state index contributed by atoms with van der Waals surface area (Å²) in [4.78, 5) is 12.3. The Labute approximate surface area is 122 Å². The molecule has 8 nitrogen and oxygen atoms in total. The number of anilines is 1. The second-order valence-corrected chi connectivity index (χ2v) is 6.53. The predicted molar refractivity (Wildman–Crippen MR) is 76.8 cm³/mol. The van der Waals surface area contributed by atoms with Gasteiger partial charge in [0.1, 0.15) is 5.69 Å². The molecule has 1 aromatic rings. The van der Waals surface area contributed by atoms with Crippen LogP contribution >= 0.6 is 0 Å². The number of rotatable bonds is 4. The van der Waals surface area contributed by atoms with Gasteiger partial charge in [-0.3, -0.25) is 10.1 Å². The molecule has 2 N–H and O–H groups in total. The first-order valence-corrected chi connectivity index (χ1v) is 7.88. The smallest absolute Gasteiger partial charge is 0.292 e. The van der Waals surface area contributed by atoms with Gasteiger partial charge in [0, 0.05) is 26.3 Å². The number of sulfonamides is 1. The number of nitro groups is 1. The highest BCUT2D eigenvalue weighted by molar-refractivity contribution is 7.89. The normalized spacial score (nSPS) is 19.0. The Bertz CT molecular complexity index is 674. The average Bonchev–Trinajstić information content (AvgIpc) is 2.85. The van der Waals surface area contributed by atoms with Gasteiger partial charge in [-0.05, 0) is 25.0 Å². The maximum absolute atomic E-state index is 11.6. The van der Waals surface area contributed by atoms with Crippen molar-refractivity contribution in [3.8, 4) is 0 Å². The molecule has 1 aliphatic heterocycles. The third kappa shape index (κ3) is 3.14. The van der Waals surface area contributed by atoms with Crippen LogP contribution in [0.1, 0.15) is 12.0 Å². The average molecular weight is 315 g/mol. The number of ether oxygens (including phenoxy) is 1. The van der Waals surface area contributed by atoms with E-state index in [9.17, 15) is 18.5 Å². The zero-order valence-electron chi connectivity index (χ0n) is 11.8. The molecular weight excluding hydrogens is 298 g/mol. The Hall–Kier alpha value is -1.71. The monoisotopic (exact) mass is 315 g/mol. The first kappa shape index (κ1) is 15.7. The molecule has 0 aliphatic carbocycles. The molecule has 1 saturated heterocycles. The van der Waals surface area contributed by atoms with Crippen molar-refractivity contribution in [2.24, 2.45) is 5.14 Å². The van der Waals surface area contributed by atoms with Crippen molar-refractivity contribution in [3.63, 3.8) is 0 Å². The van der Waals surface area contributed by atoms with E-state index in [2.05, 4.69) is 0 Å². The van der Waals surface area contributed by atoms with E-state index in [1.165, 1.54) is 19.1 Å². The number of aryl methyl sites for hydroxylation is 1. The SMILES string of the molecule is CO[C@H]1CCN(c2cc(S(N)(=O)=O)c(C)cc2[N+](=O)[O-])C1. The third-order valence-corrected chi connectivity index (χ3v) is 4.65. The number of hydrogen-bond donors (Lipinski definition) is 1. The van der Waals surface area contributed by atoms with E-state index in [0.717, 1.165) is 6.42 Å². The number of primary sulfonamides is 1. The Morgan fingerprint density at radius 3 is 2.62 bits per heavy atom. The number of nitro benzene ring substituents is 1. The zero-order valence-corrected chi connectivity index (χ0v) is 12.6. The van der Waals surface area contributed by atoms with Crippen LogP contribution in [0.5, 0.6) is 0 Å². The van der Waals surface area contributed by atoms with Crippen molar-refractivity contribution in [1.82, 2.24) is 0 Å². The van der Waals surface area contributed by atoms with Crippen molar-refractivity contribution in [2.45, 2.75) is 24.3 Å². The summed E-state index contributed by atoms with van der Waals surface area (Å²) in [6.07, 6.45) is 0.704. The highest BCUT2D eigenvalue weighted by Crippen LogP contribution is 2.35. The minimum absolute atomic E-state index is 0.0242. The molecule has 0 bridgehead atoms. The number of methoxy groups -OCH3 is 1. The fourth-order valence-electron chi connectivity index (χ4n) is 2.51. The van der Waals surface area contributed by atoms with Crippen LogP contribution < -0.4 is 10.0 Å². The molecule has 116 valence electrons. The van der Waals surface area contributed by atoms with Gasteiger partial charge in [-0.15, -0.1) is 0 Å². The van der Waals surface area contributed by atoms with Crippen molar-refractivity contribution in [3.05, 3.63) is 27.8 Å². The van der Waals surface area contributed by atoms with E-state index in [4.69, 9.17) is 9.88 Å². The second kappa shape index (κ2) is 5.58. The third-order valence-electron chi connectivity index (χ3n) is 3.59. The van der Waals surface area contributed by atoms with Crippen LogP contribution in [-0.4, -0.2) is 39.6 Å². The molecule has 1 fully saturated rings. The number of hydrogen-bond acceptors (Lipinski definition) is 6. The molecule has 0 saturated carbocycles. The summed E-state index contributed by atoms with van der Waals surface area (Å²) in [6, 6.07) is 2.52. The zero-order chi connectivity index (χ0) is 15.8. The highest BCUT2D eigenvalue weighted by Gasteiger charge is 2.29. The van der Waals surface area contributed by atoms with Crippen molar-refractivity contribution >= 4 is 21.4 Å². The summed E-state index contributed by atoms with van der Waals surface area (Å²) in [5.41, 5.74) is 0.390. The minimum atomic E-state index is -3.93. The van der Waals surface area contributed by atoms with Crippen LogP contribution in [0, 0.1) is 17.0 Å². The van der Waals surface area contributed by atoms with Crippen LogP contribution in [-0.2, 0) is 14.8 Å². The topological polar surface area (TPSA) is 116 Å². The van der Waals surface area contributed by atoms with Gasteiger partial charge in [0.15, 0.2) is 0 Å². The van der Waals surface area contributed by atoms with Gasteiger partial charge in [-0.25, -0.2) is 13.6 Å². The molecule has 0 unspecified atom stereocenters. The molecule has 0 spiro atoms. The molecule has 1 aliphatic rings. The standard InChI is InChI=1S/C12H17N3O5S/c1-8-5-11(15(16)17)10(6-12(8)21(13,18)19)14-4-3-9(7-14)20-2/h5-6,9H,3-4,7H2,1-2H3,(H2,13,18,19)/t9-/m0/s1. The van der Waals surface area contributed by atoms with Crippen molar-refractivity contribution < 1.29 is 18.1 Å². The lowest BCUT2D eigenvalue weighted by molar-refractivity contribution is -0.384. The van der Waals surface area contributed by atoms with Crippen LogP contribution in [0.3, 0.4) is 0 Å². The van der Waals surface area contributed by atoms with Gasteiger partial charge in [0.05, 0.1) is 15.9 Å². The fraction of sp³-hybridized carbons (Fsp3) is 0.500. The molecular formula is C12H17N3O5S. The molecule has 9 heteroatoms. The molecule has 1 atom stereocenters. The molecule has 21 heavy (non-hydrogen) atoms. The van der Waals surface area contributed by atoms with Crippen molar-refractivity contribution in [1.29, 1.82) is 0 Å². The number of nitrogens with zero attached hydrogens (tertiary/aromatic N) is 2. The Morgan fingerprint density at radius 1 is 1.48 bits per heavy atom. The van der Waals surface area contributed by atoms with E-state index in [1.54, 1.807) is 12.0 Å². The van der Waals surface area contributed by atoms with Gasteiger partial charge < -0.3 is 9.64 Å². The lowest BCUT2D eigenvalue weighted by Crippen LogP contribution is -2.24. The van der Waals surface area contributed by atoms with Crippen LogP contribution in [0.25, 0.3) is 0 Å². The van der Waals surface area contributed by atoms with Gasteiger partial charge >= 0.3 is 0 Å². The summed E-state index contributed by atoms with van der Waals surface area (Å²) >= 11 is 0. The molecule has 0 aromatic heterocycles. The molecule has 0 amide bonds. The van der Waals surface area contributed by atoms with Crippen LogP contribution in [0.15, 0.2) is 17.0 Å². The first-order valence-electron chi connectivity index (χ1n) is 6.33. The Balaban J connectivity index is 2.54. The number of nitrogens with two attached hydrogens (primary N) is 1. The number of benzene rings is 1. The lowest BCUT2D eigenvalue weighted by atomic mass is 10.2. The quantitative estimate of drug-likeness (QED) is 0.648. The van der Waals surface area contributed by atoms with E-state index in [1.807, 2.05) is 0 Å². The van der Waals surface area contributed by atoms with Crippen LogP contribution in [0.4, 0.5) is 11.4 Å². The van der Waals surface area contributed by atoms with E-state index >= 15 is 0 Å². The summed E-state index contributed by atoms with van der Waals surface area (Å²) in [7, 11) is -2.35. The Kier molecular flexibility index (Phi) is 4.17. The summed E-state index contributed by atoms with van der Waals surface area (Å²) in [5.74, 6) is 0. The van der Waals surface area contributed by atoms with E-state index in [0.29, 0.717) is 13.1 Å². The molecule has 0 radical (unpaired) electrons. The largest absolute Gasteiger partial charge is 0.380 e. The summed E-state index contributed by atoms with van der Waals surface area (Å²) < 4.78 is 28.4. The summed E-state index contributed by atoms with van der Waals surface area (Å²) in [6.45, 7) is 2.52. The first-order chi connectivity index (χ1) is 9.74. The fourth-order valence-corrected chi connectivity index (χ4v) is 3.29. The maximum atomic E-state index is 11.6. The van der Waals surface area contributed by atoms with E-state index in [-0.39, 0.29) is 27.9 Å². The molecule has 2 rings (SSSR count). The Morgan fingerprint density at radius 2 is 2.14 bits per heavy atom. The summed E-state index contributed by atoms with van der Waals surface area (Å²) in [5, 5.41) is 16.4. The van der Waals surface area contributed by atoms with E-state index < -0.39 is 14.9 Å². The maximum Gasteiger partial charge on any atom is 0.292 e. The molecule has 1 heterocycles. The van der Waals surface area contributed by atoms with Gasteiger partial charge in [-0.1, -0.05) is 0 Å². The highest BCUT2D eigenvalue weighted by atomic mass is 32.2. The second-order valence-electron chi connectivity index (χ2n) is 5.00. The lowest BCUT2D eigenvalue weighted by Gasteiger charge is -2.19. The van der Waals surface area contributed by atoms with Crippen molar-refractivity contribution in [2.75, 3.05) is 25.1 Å². The van der Waals surface area contributed by atoms with Gasteiger partial charge in [0.25, 0.3) is 5.69 Å². The van der Waals surface area contributed by atoms with Gasteiger partial charge in [-0.2, -0.15) is 0 Å². The minimum Gasteiger partial charge on any atom is -0.380 e. The van der Waals surface area contributed by atoms with Crippen LogP contribution in [0.2, 0.25) is 0 Å². The van der Waals surface area contributed by atoms with Gasteiger partial charge in [0.2, 0.25) is 10.0 Å². The predicted octanol–water partition coefficient (Wildman–Crippen LogP) is 0.776. The molecule has 1 aromatic carbocycles.